The molecule has 33 heavy (non-hydrogen) atoms. The maximum atomic E-state index is 12.5. The van der Waals surface area contributed by atoms with Crippen LogP contribution in [0.1, 0.15) is 21.6 Å². The second-order valence-electron chi connectivity index (χ2n) is 7.84. The number of aryl methyl sites for hydroxylation is 2. The molecule has 0 spiro atoms. The molecule has 0 aliphatic carbocycles. The molecular formula is C27H27N5O. The zero-order chi connectivity index (χ0) is 23.0. The van der Waals surface area contributed by atoms with E-state index >= 15 is 0 Å². The smallest absolute Gasteiger partial charge is 0.251 e. The molecule has 3 aromatic carbocycles. The van der Waals surface area contributed by atoms with Crippen molar-refractivity contribution in [3.8, 4) is 11.1 Å². The van der Waals surface area contributed by atoms with Crippen LogP contribution in [-0.4, -0.2) is 29.0 Å². The maximum absolute atomic E-state index is 12.5. The number of carbonyl (C=O) groups is 1. The normalized spacial score (nSPS) is 10.5. The van der Waals surface area contributed by atoms with E-state index in [4.69, 9.17) is 0 Å². The van der Waals surface area contributed by atoms with Gasteiger partial charge in [-0.05, 0) is 49.2 Å². The van der Waals surface area contributed by atoms with Gasteiger partial charge in [-0.2, -0.15) is 4.98 Å². The van der Waals surface area contributed by atoms with E-state index in [-0.39, 0.29) is 5.91 Å². The van der Waals surface area contributed by atoms with Gasteiger partial charge in [0.15, 0.2) is 0 Å². The van der Waals surface area contributed by atoms with Gasteiger partial charge in [-0.15, -0.1) is 0 Å². The van der Waals surface area contributed by atoms with Gasteiger partial charge in [-0.1, -0.05) is 60.2 Å². The molecule has 0 bridgehead atoms. The molecule has 3 N–H and O–H groups in total. The first-order chi connectivity index (χ1) is 16.1. The standard InChI is InChI=1S/C27H27N5O/c1-19-8-14-24(15-9-19)31-25-18-20(2)30-27(32-25)29-17-16-28-26(33)23-12-10-22(11-13-23)21-6-4-3-5-7-21/h3-15,18H,16-17H2,1-2H3,(H,28,33)(H2,29,30,31,32). The summed E-state index contributed by atoms with van der Waals surface area (Å²) in [7, 11) is 0. The fourth-order valence-electron chi connectivity index (χ4n) is 3.39. The van der Waals surface area contributed by atoms with Gasteiger partial charge < -0.3 is 16.0 Å². The SMILES string of the molecule is Cc1ccc(Nc2cc(C)nc(NCCNC(=O)c3ccc(-c4ccccc4)cc3)n2)cc1. The zero-order valence-corrected chi connectivity index (χ0v) is 18.8. The largest absolute Gasteiger partial charge is 0.352 e. The first-order valence-electron chi connectivity index (χ1n) is 10.9. The average Bonchev–Trinajstić information content (AvgIpc) is 2.83. The van der Waals surface area contributed by atoms with Gasteiger partial charge in [0.25, 0.3) is 5.91 Å². The summed E-state index contributed by atoms with van der Waals surface area (Å²) in [5.41, 5.74) is 5.87. The van der Waals surface area contributed by atoms with E-state index in [1.54, 1.807) is 0 Å². The second-order valence-corrected chi connectivity index (χ2v) is 7.84. The second kappa shape index (κ2) is 10.4. The van der Waals surface area contributed by atoms with Crippen LogP contribution in [0.3, 0.4) is 0 Å². The van der Waals surface area contributed by atoms with Crippen LogP contribution in [0.4, 0.5) is 17.5 Å². The van der Waals surface area contributed by atoms with E-state index in [0.29, 0.717) is 24.6 Å². The number of nitrogens with zero attached hydrogens (tertiary/aromatic N) is 2. The van der Waals surface area contributed by atoms with Crippen molar-refractivity contribution in [1.29, 1.82) is 0 Å². The Labute approximate surface area is 194 Å². The van der Waals surface area contributed by atoms with E-state index in [1.807, 2.05) is 79.7 Å². The predicted octanol–water partition coefficient (Wildman–Crippen LogP) is 5.35. The summed E-state index contributed by atoms with van der Waals surface area (Å²) in [6.45, 7) is 4.95. The van der Waals surface area contributed by atoms with E-state index < -0.39 is 0 Å². The van der Waals surface area contributed by atoms with E-state index in [1.165, 1.54) is 5.56 Å². The Morgan fingerprint density at radius 1 is 0.788 bits per heavy atom. The number of hydrogen-bond donors (Lipinski definition) is 3. The van der Waals surface area contributed by atoms with Gasteiger partial charge >= 0.3 is 0 Å². The highest BCUT2D eigenvalue weighted by Crippen LogP contribution is 2.19. The monoisotopic (exact) mass is 437 g/mol. The molecule has 0 saturated carbocycles. The van der Waals surface area contributed by atoms with Crippen LogP contribution >= 0.6 is 0 Å². The summed E-state index contributed by atoms with van der Waals surface area (Å²) in [4.78, 5) is 21.4. The fraction of sp³-hybridized carbons (Fsp3) is 0.148. The molecule has 0 fully saturated rings. The third-order valence-electron chi connectivity index (χ3n) is 5.13. The van der Waals surface area contributed by atoms with Gasteiger partial charge in [-0.25, -0.2) is 4.98 Å². The Kier molecular flexibility index (Phi) is 6.95. The lowest BCUT2D eigenvalue weighted by Gasteiger charge is -2.11. The number of carbonyl (C=O) groups excluding carboxylic acids is 1. The zero-order valence-electron chi connectivity index (χ0n) is 18.8. The molecular weight excluding hydrogens is 410 g/mol. The number of hydrogen-bond acceptors (Lipinski definition) is 5. The molecule has 1 aromatic heterocycles. The molecule has 6 heteroatoms. The van der Waals surface area contributed by atoms with Crippen molar-refractivity contribution in [1.82, 2.24) is 15.3 Å². The number of aromatic nitrogens is 2. The minimum Gasteiger partial charge on any atom is -0.352 e. The fourth-order valence-corrected chi connectivity index (χ4v) is 3.39. The van der Waals surface area contributed by atoms with Crippen molar-refractivity contribution in [2.24, 2.45) is 0 Å². The minimum atomic E-state index is -0.108. The number of nitrogens with one attached hydrogen (secondary N) is 3. The number of amides is 1. The molecule has 0 aliphatic heterocycles. The summed E-state index contributed by atoms with van der Waals surface area (Å²) >= 11 is 0. The van der Waals surface area contributed by atoms with Gasteiger partial charge in [0.2, 0.25) is 5.95 Å². The van der Waals surface area contributed by atoms with E-state index in [9.17, 15) is 4.79 Å². The molecule has 0 unspecified atom stereocenters. The van der Waals surface area contributed by atoms with E-state index in [2.05, 4.69) is 45.0 Å². The third kappa shape index (κ3) is 6.17. The van der Waals surface area contributed by atoms with Crippen molar-refractivity contribution in [2.45, 2.75) is 13.8 Å². The van der Waals surface area contributed by atoms with Crippen LogP contribution in [0.5, 0.6) is 0 Å². The van der Waals surface area contributed by atoms with Gasteiger partial charge in [0.1, 0.15) is 5.82 Å². The Morgan fingerprint density at radius 2 is 1.48 bits per heavy atom. The lowest BCUT2D eigenvalue weighted by Crippen LogP contribution is -2.29. The number of rotatable bonds is 8. The Morgan fingerprint density at radius 3 is 2.21 bits per heavy atom. The Hall–Kier alpha value is -4.19. The topological polar surface area (TPSA) is 78.9 Å². The van der Waals surface area contributed by atoms with Crippen LogP contribution in [-0.2, 0) is 0 Å². The van der Waals surface area contributed by atoms with Crippen molar-refractivity contribution >= 4 is 23.4 Å². The molecule has 1 amide bonds. The van der Waals surface area contributed by atoms with Crippen molar-refractivity contribution < 1.29 is 4.79 Å². The minimum absolute atomic E-state index is 0.108. The maximum Gasteiger partial charge on any atom is 0.251 e. The highest BCUT2D eigenvalue weighted by Gasteiger charge is 2.07. The van der Waals surface area contributed by atoms with Gasteiger partial charge in [0.05, 0.1) is 0 Å². The van der Waals surface area contributed by atoms with Gasteiger partial charge in [0, 0.05) is 36.1 Å². The Bertz CT molecular complexity index is 1210. The highest BCUT2D eigenvalue weighted by atomic mass is 16.1. The summed E-state index contributed by atoms with van der Waals surface area (Å²) in [6, 6.07) is 27.7. The first kappa shape index (κ1) is 22.0. The molecule has 4 rings (SSSR count). The quantitative estimate of drug-likeness (QED) is 0.324. The molecule has 0 aliphatic rings. The Balaban J connectivity index is 1.28. The van der Waals surface area contributed by atoms with Crippen molar-refractivity contribution in [3.63, 3.8) is 0 Å². The molecule has 166 valence electrons. The third-order valence-corrected chi connectivity index (χ3v) is 5.13. The van der Waals surface area contributed by atoms with Crippen LogP contribution < -0.4 is 16.0 Å². The average molecular weight is 438 g/mol. The lowest BCUT2D eigenvalue weighted by atomic mass is 10.0. The molecule has 0 atom stereocenters. The lowest BCUT2D eigenvalue weighted by molar-refractivity contribution is 0.0955. The number of anilines is 3. The molecule has 6 nitrogen and oxygen atoms in total. The van der Waals surface area contributed by atoms with Crippen molar-refractivity contribution in [3.05, 3.63) is 102 Å². The van der Waals surface area contributed by atoms with E-state index in [0.717, 1.165) is 28.3 Å². The summed E-state index contributed by atoms with van der Waals surface area (Å²) in [5.74, 6) is 1.13. The highest BCUT2D eigenvalue weighted by molar-refractivity contribution is 5.94. The summed E-state index contributed by atoms with van der Waals surface area (Å²) in [5, 5.41) is 9.41. The molecule has 4 aromatic rings. The summed E-state index contributed by atoms with van der Waals surface area (Å²) < 4.78 is 0. The van der Waals surface area contributed by atoms with Gasteiger partial charge in [-0.3, -0.25) is 4.79 Å². The first-order valence-corrected chi connectivity index (χ1v) is 10.9. The molecule has 0 saturated heterocycles. The molecule has 0 radical (unpaired) electrons. The number of benzene rings is 3. The summed E-state index contributed by atoms with van der Waals surface area (Å²) in [6.07, 6.45) is 0. The molecule has 1 heterocycles. The van der Waals surface area contributed by atoms with Crippen LogP contribution in [0.2, 0.25) is 0 Å². The van der Waals surface area contributed by atoms with Crippen LogP contribution in [0.25, 0.3) is 11.1 Å². The van der Waals surface area contributed by atoms with Crippen molar-refractivity contribution in [2.75, 3.05) is 23.7 Å². The predicted molar refractivity (Wildman–Crippen MR) is 134 cm³/mol. The van der Waals surface area contributed by atoms with Crippen LogP contribution in [0.15, 0.2) is 84.9 Å². The van der Waals surface area contributed by atoms with Crippen LogP contribution in [0, 0.1) is 13.8 Å².